The molecule has 1 aromatic carbocycles. The van der Waals surface area contributed by atoms with E-state index in [1.807, 2.05) is 12.2 Å². The Kier molecular flexibility index (Phi) is 4.63. The highest BCUT2D eigenvalue weighted by Crippen LogP contribution is 2.19. The summed E-state index contributed by atoms with van der Waals surface area (Å²) >= 11 is 5.84. The Labute approximate surface area is 88.4 Å². The lowest BCUT2D eigenvalue weighted by Crippen LogP contribution is -1.95. The Hall–Kier alpha value is -0.860. The van der Waals surface area contributed by atoms with E-state index in [9.17, 15) is 4.39 Å². The van der Waals surface area contributed by atoms with Gasteiger partial charge in [0.15, 0.2) is 0 Å². The van der Waals surface area contributed by atoms with Gasteiger partial charge in [-0.2, -0.15) is 0 Å². The zero-order chi connectivity index (χ0) is 10.4. The molecular formula is C11H13ClFN. The van der Waals surface area contributed by atoms with Gasteiger partial charge in [0.2, 0.25) is 0 Å². The molecule has 2 N–H and O–H groups in total. The minimum absolute atomic E-state index is 0.255. The van der Waals surface area contributed by atoms with Gasteiger partial charge in [0.1, 0.15) is 5.82 Å². The quantitative estimate of drug-likeness (QED) is 0.765. The fraction of sp³-hybridized carbons (Fsp3) is 0.273. The molecular weight excluding hydrogens is 201 g/mol. The van der Waals surface area contributed by atoms with Crippen LogP contribution >= 0.6 is 11.6 Å². The van der Waals surface area contributed by atoms with E-state index < -0.39 is 0 Å². The standard InChI is InChI=1S/C11H13ClFN/c12-10-6-4-7-11(13)9(10)5-2-1-3-8-14/h1-2,4,6-7H,3,5,8,14H2. The summed E-state index contributed by atoms with van der Waals surface area (Å²) in [6.07, 6.45) is 5.15. The number of hydrogen-bond acceptors (Lipinski definition) is 1. The second-order valence-corrected chi connectivity index (χ2v) is 3.36. The maximum Gasteiger partial charge on any atom is 0.128 e. The van der Waals surface area contributed by atoms with Gasteiger partial charge in [-0.15, -0.1) is 0 Å². The highest BCUT2D eigenvalue weighted by Gasteiger charge is 2.03. The van der Waals surface area contributed by atoms with Gasteiger partial charge in [0.05, 0.1) is 0 Å². The first kappa shape index (κ1) is 11.2. The van der Waals surface area contributed by atoms with Crippen molar-refractivity contribution < 1.29 is 4.39 Å². The largest absolute Gasteiger partial charge is 0.330 e. The van der Waals surface area contributed by atoms with Crippen molar-refractivity contribution in [2.45, 2.75) is 12.8 Å². The van der Waals surface area contributed by atoms with Gasteiger partial charge in [0.25, 0.3) is 0 Å². The molecule has 0 spiro atoms. The van der Waals surface area contributed by atoms with Crippen LogP contribution in [0.1, 0.15) is 12.0 Å². The van der Waals surface area contributed by atoms with Crippen LogP contribution in [0.4, 0.5) is 4.39 Å². The van der Waals surface area contributed by atoms with Crippen LogP contribution in [0.3, 0.4) is 0 Å². The topological polar surface area (TPSA) is 26.0 Å². The third-order valence-electron chi connectivity index (χ3n) is 1.88. The van der Waals surface area contributed by atoms with Crippen molar-refractivity contribution in [3.8, 4) is 0 Å². The maximum atomic E-state index is 13.2. The molecule has 0 bridgehead atoms. The number of halogens is 2. The van der Waals surface area contributed by atoms with Crippen LogP contribution in [0.2, 0.25) is 5.02 Å². The molecule has 0 unspecified atom stereocenters. The zero-order valence-corrected chi connectivity index (χ0v) is 8.60. The van der Waals surface area contributed by atoms with Crippen LogP contribution in [-0.2, 0) is 6.42 Å². The maximum absolute atomic E-state index is 13.2. The molecule has 0 fully saturated rings. The van der Waals surface area contributed by atoms with Crippen LogP contribution < -0.4 is 5.73 Å². The lowest BCUT2D eigenvalue weighted by molar-refractivity contribution is 0.615. The normalized spacial score (nSPS) is 11.1. The minimum atomic E-state index is -0.255. The predicted molar refractivity (Wildman–Crippen MR) is 57.9 cm³/mol. The van der Waals surface area contributed by atoms with Crippen LogP contribution in [0.5, 0.6) is 0 Å². The van der Waals surface area contributed by atoms with Crippen molar-refractivity contribution >= 4 is 11.6 Å². The summed E-state index contributed by atoms with van der Waals surface area (Å²) in [5.74, 6) is -0.255. The number of allylic oxidation sites excluding steroid dienone is 1. The summed E-state index contributed by atoms with van der Waals surface area (Å²) in [5.41, 5.74) is 5.86. The SMILES string of the molecule is NCCC=CCc1c(F)cccc1Cl. The molecule has 0 amide bonds. The summed E-state index contributed by atoms with van der Waals surface area (Å²) < 4.78 is 13.2. The number of nitrogens with two attached hydrogens (primary N) is 1. The molecule has 0 aromatic heterocycles. The first-order valence-corrected chi connectivity index (χ1v) is 4.91. The molecule has 14 heavy (non-hydrogen) atoms. The molecule has 76 valence electrons. The van der Waals surface area contributed by atoms with E-state index in [0.29, 0.717) is 23.6 Å². The lowest BCUT2D eigenvalue weighted by atomic mass is 10.1. The zero-order valence-electron chi connectivity index (χ0n) is 7.84. The van der Waals surface area contributed by atoms with Crippen molar-refractivity contribution in [1.82, 2.24) is 0 Å². The van der Waals surface area contributed by atoms with E-state index in [-0.39, 0.29) is 5.82 Å². The fourth-order valence-corrected chi connectivity index (χ4v) is 1.38. The highest BCUT2D eigenvalue weighted by molar-refractivity contribution is 6.31. The van der Waals surface area contributed by atoms with Crippen LogP contribution in [-0.4, -0.2) is 6.54 Å². The van der Waals surface area contributed by atoms with Gasteiger partial charge in [0, 0.05) is 10.6 Å². The smallest absolute Gasteiger partial charge is 0.128 e. The third-order valence-corrected chi connectivity index (χ3v) is 2.24. The second kappa shape index (κ2) is 5.78. The molecule has 0 saturated heterocycles. The first-order valence-electron chi connectivity index (χ1n) is 4.53. The van der Waals surface area contributed by atoms with Gasteiger partial charge in [-0.3, -0.25) is 0 Å². The number of rotatable bonds is 4. The second-order valence-electron chi connectivity index (χ2n) is 2.95. The first-order chi connectivity index (χ1) is 6.75. The van der Waals surface area contributed by atoms with Crippen molar-refractivity contribution in [3.05, 3.63) is 46.8 Å². The Morgan fingerprint density at radius 2 is 2.14 bits per heavy atom. The van der Waals surface area contributed by atoms with E-state index in [2.05, 4.69) is 0 Å². The summed E-state index contributed by atoms with van der Waals surface area (Å²) in [7, 11) is 0. The molecule has 3 heteroatoms. The summed E-state index contributed by atoms with van der Waals surface area (Å²) in [5, 5.41) is 0.474. The van der Waals surface area contributed by atoms with Crippen molar-refractivity contribution in [2.75, 3.05) is 6.54 Å². The predicted octanol–water partition coefficient (Wildman–Crippen LogP) is 2.93. The summed E-state index contributed by atoms with van der Waals surface area (Å²) in [6.45, 7) is 0.613. The Morgan fingerprint density at radius 1 is 1.36 bits per heavy atom. The lowest BCUT2D eigenvalue weighted by Gasteiger charge is -2.01. The van der Waals surface area contributed by atoms with E-state index in [1.165, 1.54) is 6.07 Å². The van der Waals surface area contributed by atoms with Gasteiger partial charge < -0.3 is 5.73 Å². The Balaban J connectivity index is 2.66. The fourth-order valence-electron chi connectivity index (χ4n) is 1.14. The van der Waals surface area contributed by atoms with Crippen LogP contribution in [0.15, 0.2) is 30.4 Å². The molecule has 1 nitrogen and oxygen atoms in total. The highest BCUT2D eigenvalue weighted by atomic mass is 35.5. The van der Waals surface area contributed by atoms with Gasteiger partial charge in [-0.05, 0) is 31.5 Å². The number of hydrogen-bond donors (Lipinski definition) is 1. The van der Waals surface area contributed by atoms with Crippen LogP contribution in [0.25, 0.3) is 0 Å². The van der Waals surface area contributed by atoms with E-state index >= 15 is 0 Å². The molecule has 0 aliphatic carbocycles. The van der Waals surface area contributed by atoms with Gasteiger partial charge >= 0.3 is 0 Å². The molecule has 0 atom stereocenters. The van der Waals surface area contributed by atoms with Crippen molar-refractivity contribution in [1.29, 1.82) is 0 Å². The molecule has 0 aliphatic heterocycles. The molecule has 0 heterocycles. The molecule has 0 radical (unpaired) electrons. The Bertz CT molecular complexity index is 303. The molecule has 1 aromatic rings. The number of benzene rings is 1. The third kappa shape index (κ3) is 3.13. The van der Waals surface area contributed by atoms with E-state index in [0.717, 1.165) is 6.42 Å². The average Bonchev–Trinajstić information content (AvgIpc) is 2.16. The van der Waals surface area contributed by atoms with Crippen LogP contribution in [0, 0.1) is 5.82 Å². The van der Waals surface area contributed by atoms with Crippen molar-refractivity contribution in [2.24, 2.45) is 5.73 Å². The minimum Gasteiger partial charge on any atom is -0.330 e. The van der Waals surface area contributed by atoms with Gasteiger partial charge in [-0.1, -0.05) is 29.8 Å². The van der Waals surface area contributed by atoms with E-state index in [4.69, 9.17) is 17.3 Å². The molecule has 0 saturated carbocycles. The summed E-state index contributed by atoms with van der Waals surface area (Å²) in [4.78, 5) is 0. The summed E-state index contributed by atoms with van der Waals surface area (Å²) in [6, 6.07) is 4.71. The Morgan fingerprint density at radius 3 is 2.79 bits per heavy atom. The monoisotopic (exact) mass is 213 g/mol. The molecule has 0 aliphatic rings. The van der Waals surface area contributed by atoms with E-state index in [1.54, 1.807) is 12.1 Å². The molecule has 1 rings (SSSR count). The average molecular weight is 214 g/mol. The van der Waals surface area contributed by atoms with Gasteiger partial charge in [-0.25, -0.2) is 4.39 Å². The van der Waals surface area contributed by atoms with Crippen molar-refractivity contribution in [3.63, 3.8) is 0 Å².